The molecule has 8 heteroatoms. The van der Waals surface area contributed by atoms with Crippen LogP contribution in [-0.4, -0.2) is 51.1 Å². The summed E-state index contributed by atoms with van der Waals surface area (Å²) in [6.45, 7) is 3.40. The molecule has 3 heterocycles. The monoisotopic (exact) mass is 331 g/mol. The first kappa shape index (κ1) is 16.4. The van der Waals surface area contributed by atoms with Gasteiger partial charge in [-0.15, -0.1) is 0 Å². The van der Waals surface area contributed by atoms with Crippen LogP contribution in [0.25, 0.3) is 11.0 Å². The Morgan fingerprint density at radius 3 is 2.67 bits per heavy atom. The minimum atomic E-state index is -0.461. The minimum Gasteiger partial charge on any atom is -0.336 e. The lowest BCUT2D eigenvalue weighted by atomic mass is 10.1. The Bertz CT molecular complexity index is 937. The molecule has 2 aromatic heterocycles. The molecule has 1 aliphatic rings. The number of nitrogens with one attached hydrogen (secondary N) is 1. The molecule has 1 atom stereocenters. The highest BCUT2D eigenvalue weighted by Gasteiger charge is 2.26. The minimum absolute atomic E-state index is 0.128. The second kappa shape index (κ2) is 5.86. The van der Waals surface area contributed by atoms with Gasteiger partial charge in [0.25, 0.3) is 11.5 Å². The molecule has 0 saturated carbocycles. The van der Waals surface area contributed by atoms with Crippen molar-refractivity contribution in [3.63, 3.8) is 0 Å². The molecule has 1 fully saturated rings. The molecule has 1 amide bonds. The molecule has 3 rings (SSSR count). The van der Waals surface area contributed by atoms with E-state index in [1.165, 1.54) is 11.6 Å². The molecule has 0 radical (unpaired) electrons. The third-order valence-electron chi connectivity index (χ3n) is 4.73. The smallest absolute Gasteiger partial charge is 0.332 e. The number of hydrogen-bond donors (Lipinski definition) is 1. The summed E-state index contributed by atoms with van der Waals surface area (Å²) < 4.78 is 2.35. The van der Waals surface area contributed by atoms with Crippen molar-refractivity contribution in [1.29, 1.82) is 0 Å². The van der Waals surface area contributed by atoms with Gasteiger partial charge in [0.1, 0.15) is 11.3 Å². The van der Waals surface area contributed by atoms with Crippen LogP contribution in [0, 0.1) is 6.92 Å². The first-order chi connectivity index (χ1) is 11.3. The van der Waals surface area contributed by atoms with E-state index in [0.29, 0.717) is 10.9 Å². The van der Waals surface area contributed by atoms with Crippen LogP contribution in [0.5, 0.6) is 0 Å². The summed E-state index contributed by atoms with van der Waals surface area (Å²) >= 11 is 0. The van der Waals surface area contributed by atoms with Crippen molar-refractivity contribution in [2.24, 2.45) is 14.1 Å². The van der Waals surface area contributed by atoms with Crippen molar-refractivity contribution in [1.82, 2.24) is 24.3 Å². The maximum absolute atomic E-state index is 12.7. The van der Waals surface area contributed by atoms with Crippen LogP contribution in [0.3, 0.4) is 0 Å². The summed E-state index contributed by atoms with van der Waals surface area (Å²) in [5.41, 5.74) is 0.266. The lowest BCUT2D eigenvalue weighted by Gasteiger charge is -2.23. The number of rotatable bonds is 2. The number of likely N-dealkylation sites (N-methyl/N-ethyl adjacent to an activating group) is 1. The van der Waals surface area contributed by atoms with Gasteiger partial charge >= 0.3 is 5.69 Å². The van der Waals surface area contributed by atoms with E-state index in [1.807, 2.05) is 0 Å². The number of carbonyl (C=O) groups excluding carboxylic acids is 1. The zero-order valence-corrected chi connectivity index (χ0v) is 14.3. The molecule has 1 saturated heterocycles. The molecule has 1 aliphatic heterocycles. The predicted octanol–water partition coefficient (Wildman–Crippen LogP) is -0.625. The highest BCUT2D eigenvalue weighted by molar-refractivity contribution is 5.95. The SMILES string of the molecule is Cc1cc(C(=O)N(C)[C@H]2CCNC2)nc2c1c(=O)n(C)c(=O)n2C. The van der Waals surface area contributed by atoms with Crippen LogP contribution in [0.4, 0.5) is 0 Å². The summed E-state index contributed by atoms with van der Waals surface area (Å²) in [6, 6.07) is 1.75. The number of aromatic nitrogens is 3. The van der Waals surface area contributed by atoms with E-state index in [4.69, 9.17) is 0 Å². The number of hydrogen-bond acceptors (Lipinski definition) is 5. The van der Waals surface area contributed by atoms with E-state index in [0.717, 1.165) is 24.1 Å². The molecular formula is C16H21N5O3. The van der Waals surface area contributed by atoms with Gasteiger partial charge in [0.15, 0.2) is 0 Å². The van der Waals surface area contributed by atoms with Crippen LogP contribution >= 0.6 is 0 Å². The van der Waals surface area contributed by atoms with E-state index in [9.17, 15) is 14.4 Å². The normalized spacial score (nSPS) is 17.4. The average molecular weight is 331 g/mol. The number of fused-ring (bicyclic) bond motifs is 1. The molecule has 1 N–H and O–H groups in total. The maximum Gasteiger partial charge on any atom is 0.332 e. The fraction of sp³-hybridized carbons (Fsp3) is 0.500. The van der Waals surface area contributed by atoms with Gasteiger partial charge in [-0.25, -0.2) is 9.78 Å². The van der Waals surface area contributed by atoms with Crippen molar-refractivity contribution < 1.29 is 4.79 Å². The molecule has 0 bridgehead atoms. The highest BCUT2D eigenvalue weighted by atomic mass is 16.2. The van der Waals surface area contributed by atoms with Gasteiger partial charge < -0.3 is 10.2 Å². The molecule has 0 aromatic carbocycles. The Labute approximate surface area is 138 Å². The van der Waals surface area contributed by atoms with E-state index in [1.54, 1.807) is 32.0 Å². The predicted molar refractivity (Wildman–Crippen MR) is 90.3 cm³/mol. The van der Waals surface area contributed by atoms with Crippen LogP contribution in [0.1, 0.15) is 22.5 Å². The number of amides is 1. The van der Waals surface area contributed by atoms with Gasteiger partial charge in [-0.1, -0.05) is 0 Å². The first-order valence-corrected chi connectivity index (χ1v) is 7.88. The second-order valence-corrected chi connectivity index (χ2v) is 6.29. The van der Waals surface area contributed by atoms with E-state index in [-0.39, 0.29) is 23.3 Å². The zero-order chi connectivity index (χ0) is 17.6. The molecule has 2 aromatic rings. The van der Waals surface area contributed by atoms with Crippen LogP contribution < -0.4 is 16.6 Å². The van der Waals surface area contributed by atoms with Crippen LogP contribution in [-0.2, 0) is 14.1 Å². The van der Waals surface area contributed by atoms with E-state index < -0.39 is 11.2 Å². The zero-order valence-electron chi connectivity index (χ0n) is 14.3. The van der Waals surface area contributed by atoms with Gasteiger partial charge in [-0.2, -0.15) is 0 Å². The second-order valence-electron chi connectivity index (χ2n) is 6.29. The van der Waals surface area contributed by atoms with Gasteiger partial charge in [-0.3, -0.25) is 18.7 Å². The first-order valence-electron chi connectivity index (χ1n) is 7.88. The van der Waals surface area contributed by atoms with E-state index in [2.05, 4.69) is 10.3 Å². The van der Waals surface area contributed by atoms with Crippen molar-refractivity contribution in [3.8, 4) is 0 Å². The quantitative estimate of drug-likeness (QED) is 0.792. The lowest BCUT2D eigenvalue weighted by molar-refractivity contribution is 0.0738. The van der Waals surface area contributed by atoms with Crippen molar-refractivity contribution in [3.05, 3.63) is 38.2 Å². The summed E-state index contributed by atoms with van der Waals surface area (Å²) in [5, 5.41) is 3.59. The molecule has 8 nitrogen and oxygen atoms in total. The number of carbonyl (C=O) groups is 1. The van der Waals surface area contributed by atoms with Gasteiger partial charge in [0.2, 0.25) is 0 Å². The van der Waals surface area contributed by atoms with Crippen LogP contribution in [0.2, 0.25) is 0 Å². The summed E-state index contributed by atoms with van der Waals surface area (Å²) in [4.78, 5) is 43.2. The van der Waals surface area contributed by atoms with Crippen LogP contribution in [0.15, 0.2) is 15.7 Å². The third-order valence-corrected chi connectivity index (χ3v) is 4.73. The Balaban J connectivity index is 2.16. The number of nitrogens with zero attached hydrogens (tertiary/aromatic N) is 4. The van der Waals surface area contributed by atoms with Gasteiger partial charge in [0, 0.05) is 33.7 Å². The Morgan fingerprint density at radius 2 is 2.04 bits per heavy atom. The molecular weight excluding hydrogens is 310 g/mol. The molecule has 0 aliphatic carbocycles. The molecule has 128 valence electrons. The maximum atomic E-state index is 12.7. The van der Waals surface area contributed by atoms with Gasteiger partial charge in [-0.05, 0) is 31.5 Å². The fourth-order valence-corrected chi connectivity index (χ4v) is 3.16. The average Bonchev–Trinajstić information content (AvgIpc) is 3.10. The molecule has 0 spiro atoms. The number of aryl methyl sites for hydroxylation is 2. The Kier molecular flexibility index (Phi) is 4.00. The van der Waals surface area contributed by atoms with Crippen molar-refractivity contribution in [2.45, 2.75) is 19.4 Å². The Morgan fingerprint density at radius 1 is 1.33 bits per heavy atom. The van der Waals surface area contributed by atoms with Crippen molar-refractivity contribution in [2.75, 3.05) is 20.1 Å². The largest absolute Gasteiger partial charge is 0.336 e. The van der Waals surface area contributed by atoms with Gasteiger partial charge in [0.05, 0.1) is 5.39 Å². The highest BCUT2D eigenvalue weighted by Crippen LogP contribution is 2.16. The Hall–Kier alpha value is -2.48. The number of pyridine rings is 1. The lowest BCUT2D eigenvalue weighted by Crippen LogP contribution is -2.40. The summed E-state index contributed by atoms with van der Waals surface area (Å²) in [7, 11) is 4.74. The fourth-order valence-electron chi connectivity index (χ4n) is 3.16. The van der Waals surface area contributed by atoms with Crippen molar-refractivity contribution >= 4 is 16.9 Å². The summed E-state index contributed by atoms with van der Waals surface area (Å²) in [6.07, 6.45) is 0.897. The summed E-state index contributed by atoms with van der Waals surface area (Å²) in [5.74, 6) is -0.207. The standard InChI is InChI=1S/C16H21N5O3/c1-9-7-11(14(22)19(2)10-5-6-17-8-10)18-13-12(9)15(23)21(4)16(24)20(13)3/h7,10,17H,5-6,8H2,1-4H3/t10-/m0/s1. The topological polar surface area (TPSA) is 89.2 Å². The molecule has 24 heavy (non-hydrogen) atoms. The van der Waals surface area contributed by atoms with E-state index >= 15 is 0 Å². The third kappa shape index (κ3) is 2.43. The molecule has 0 unspecified atom stereocenters.